The predicted octanol–water partition coefficient (Wildman–Crippen LogP) is 4.25. The molecule has 0 aromatic heterocycles. The third kappa shape index (κ3) is 3.34. The van der Waals surface area contributed by atoms with E-state index >= 15 is 0 Å². The van der Waals surface area contributed by atoms with Gasteiger partial charge in [0.1, 0.15) is 0 Å². The fourth-order valence-electron chi connectivity index (χ4n) is 2.58. The van der Waals surface area contributed by atoms with E-state index in [1.165, 1.54) is 24.8 Å². The van der Waals surface area contributed by atoms with Crippen molar-refractivity contribution in [2.24, 2.45) is 5.41 Å². The number of aliphatic hydroxyl groups excluding tert-OH is 1. The maximum Gasteiger partial charge on any atom is 0.0557 e. The van der Waals surface area contributed by atoms with E-state index < -0.39 is 0 Å². The molecule has 0 saturated heterocycles. The SMILES string of the molecule is C=C.C=C/C(=C\C)C1(CCCC)CC(O)C1. The van der Waals surface area contributed by atoms with Crippen molar-refractivity contribution in [2.45, 2.75) is 52.1 Å². The first kappa shape index (κ1) is 15.2. The van der Waals surface area contributed by atoms with Gasteiger partial charge in [-0.25, -0.2) is 0 Å². The number of rotatable bonds is 5. The van der Waals surface area contributed by atoms with E-state index in [0.29, 0.717) is 0 Å². The van der Waals surface area contributed by atoms with Crippen molar-refractivity contribution in [3.8, 4) is 0 Å². The van der Waals surface area contributed by atoms with Crippen molar-refractivity contribution in [3.63, 3.8) is 0 Å². The smallest absolute Gasteiger partial charge is 0.0557 e. The second-order valence-electron chi connectivity index (χ2n) is 4.39. The van der Waals surface area contributed by atoms with Crippen molar-refractivity contribution in [1.29, 1.82) is 0 Å². The van der Waals surface area contributed by atoms with Crippen LogP contribution in [0.1, 0.15) is 46.0 Å². The average molecular weight is 222 g/mol. The number of hydrogen-bond acceptors (Lipinski definition) is 1. The van der Waals surface area contributed by atoms with E-state index in [-0.39, 0.29) is 11.5 Å². The molecule has 0 heterocycles. The van der Waals surface area contributed by atoms with Crippen molar-refractivity contribution in [3.05, 3.63) is 37.5 Å². The molecule has 1 heteroatoms. The number of allylic oxidation sites excluding steroid dienone is 3. The lowest BCUT2D eigenvalue weighted by Crippen LogP contribution is -2.41. The molecule has 0 bridgehead atoms. The van der Waals surface area contributed by atoms with Crippen LogP contribution in [0.4, 0.5) is 0 Å². The summed E-state index contributed by atoms with van der Waals surface area (Å²) >= 11 is 0. The van der Waals surface area contributed by atoms with Crippen LogP contribution in [0.5, 0.6) is 0 Å². The molecule has 0 unspecified atom stereocenters. The van der Waals surface area contributed by atoms with E-state index in [2.05, 4.69) is 39.7 Å². The van der Waals surface area contributed by atoms with Gasteiger partial charge in [-0.05, 0) is 37.2 Å². The topological polar surface area (TPSA) is 20.2 Å². The van der Waals surface area contributed by atoms with Crippen LogP contribution in [0.25, 0.3) is 0 Å². The summed E-state index contributed by atoms with van der Waals surface area (Å²) < 4.78 is 0. The molecule has 1 aliphatic rings. The van der Waals surface area contributed by atoms with E-state index in [1.807, 2.05) is 6.08 Å². The van der Waals surface area contributed by atoms with Gasteiger partial charge in [-0.15, -0.1) is 13.2 Å². The lowest BCUT2D eigenvalue weighted by atomic mass is 9.60. The highest BCUT2D eigenvalue weighted by Crippen LogP contribution is 2.51. The van der Waals surface area contributed by atoms with Gasteiger partial charge in [0.25, 0.3) is 0 Å². The molecular formula is C15H26O. The minimum absolute atomic E-state index is 0.0817. The minimum Gasteiger partial charge on any atom is -0.393 e. The van der Waals surface area contributed by atoms with Crippen LogP contribution in [-0.2, 0) is 0 Å². The highest BCUT2D eigenvalue weighted by atomic mass is 16.3. The summed E-state index contributed by atoms with van der Waals surface area (Å²) in [5.41, 5.74) is 1.59. The molecule has 1 rings (SSSR count). The number of hydrogen-bond donors (Lipinski definition) is 1. The molecule has 16 heavy (non-hydrogen) atoms. The minimum atomic E-state index is -0.0817. The highest BCUT2D eigenvalue weighted by molar-refractivity contribution is 5.28. The third-order valence-electron chi connectivity index (χ3n) is 3.40. The Morgan fingerprint density at radius 1 is 1.44 bits per heavy atom. The molecule has 0 spiro atoms. The largest absolute Gasteiger partial charge is 0.393 e. The van der Waals surface area contributed by atoms with Crippen LogP contribution in [0.3, 0.4) is 0 Å². The summed E-state index contributed by atoms with van der Waals surface area (Å²) in [6, 6.07) is 0. The fourth-order valence-corrected chi connectivity index (χ4v) is 2.58. The first-order chi connectivity index (χ1) is 7.68. The zero-order valence-corrected chi connectivity index (χ0v) is 10.8. The van der Waals surface area contributed by atoms with E-state index in [1.54, 1.807) is 0 Å². The van der Waals surface area contributed by atoms with E-state index in [4.69, 9.17) is 0 Å². The van der Waals surface area contributed by atoms with E-state index in [9.17, 15) is 5.11 Å². The Morgan fingerprint density at radius 3 is 2.31 bits per heavy atom. The first-order valence-corrected chi connectivity index (χ1v) is 6.16. The van der Waals surface area contributed by atoms with Crippen LogP contribution in [0.2, 0.25) is 0 Å². The summed E-state index contributed by atoms with van der Waals surface area (Å²) in [7, 11) is 0. The zero-order valence-electron chi connectivity index (χ0n) is 10.8. The van der Waals surface area contributed by atoms with Gasteiger partial charge in [-0.3, -0.25) is 0 Å². The van der Waals surface area contributed by atoms with Gasteiger partial charge in [0, 0.05) is 0 Å². The van der Waals surface area contributed by atoms with Crippen molar-refractivity contribution in [2.75, 3.05) is 0 Å². The molecule has 0 atom stereocenters. The normalized spacial score (nSPS) is 28.7. The Balaban J connectivity index is 0.00000106. The van der Waals surface area contributed by atoms with Gasteiger partial charge in [-0.1, -0.05) is 38.5 Å². The Kier molecular flexibility index (Phi) is 7.07. The summed E-state index contributed by atoms with van der Waals surface area (Å²) in [6.45, 7) is 14.1. The summed E-state index contributed by atoms with van der Waals surface area (Å²) in [4.78, 5) is 0. The highest BCUT2D eigenvalue weighted by Gasteiger charge is 2.44. The van der Waals surface area contributed by atoms with Crippen LogP contribution in [-0.4, -0.2) is 11.2 Å². The second-order valence-corrected chi connectivity index (χ2v) is 4.39. The number of aliphatic hydroxyl groups is 1. The zero-order chi connectivity index (χ0) is 12.6. The van der Waals surface area contributed by atoms with Gasteiger partial charge in [0.05, 0.1) is 6.10 Å². The van der Waals surface area contributed by atoms with Gasteiger partial charge in [-0.2, -0.15) is 0 Å². The first-order valence-electron chi connectivity index (χ1n) is 6.16. The van der Waals surface area contributed by atoms with Gasteiger partial charge >= 0.3 is 0 Å². The molecule has 0 aliphatic heterocycles. The van der Waals surface area contributed by atoms with Gasteiger partial charge in [0.15, 0.2) is 0 Å². The average Bonchev–Trinajstić information content (AvgIpc) is 2.28. The van der Waals surface area contributed by atoms with Gasteiger partial charge in [0.2, 0.25) is 0 Å². The molecule has 1 N–H and O–H groups in total. The third-order valence-corrected chi connectivity index (χ3v) is 3.40. The fraction of sp³-hybridized carbons (Fsp3) is 0.600. The molecular weight excluding hydrogens is 196 g/mol. The Morgan fingerprint density at radius 2 is 2.00 bits per heavy atom. The van der Waals surface area contributed by atoms with Crippen molar-refractivity contribution < 1.29 is 5.11 Å². The Bertz CT molecular complexity index is 234. The lowest BCUT2D eigenvalue weighted by Gasteiger charge is -2.47. The summed E-state index contributed by atoms with van der Waals surface area (Å²) in [5, 5.41) is 9.46. The monoisotopic (exact) mass is 222 g/mol. The number of unbranched alkanes of at least 4 members (excludes halogenated alkanes) is 1. The maximum atomic E-state index is 9.46. The van der Waals surface area contributed by atoms with Crippen LogP contribution in [0.15, 0.2) is 37.5 Å². The van der Waals surface area contributed by atoms with E-state index in [0.717, 1.165) is 12.8 Å². The van der Waals surface area contributed by atoms with Crippen LogP contribution >= 0.6 is 0 Å². The molecule has 1 aliphatic carbocycles. The Labute approximate surface area is 101 Å². The van der Waals surface area contributed by atoms with Crippen LogP contribution < -0.4 is 0 Å². The lowest BCUT2D eigenvalue weighted by molar-refractivity contribution is -0.0127. The molecule has 1 saturated carbocycles. The predicted molar refractivity (Wildman–Crippen MR) is 72.4 cm³/mol. The molecule has 0 radical (unpaired) electrons. The summed E-state index contributed by atoms with van der Waals surface area (Å²) in [5.74, 6) is 0. The standard InChI is InChI=1S/C13H22O.C2H4/c1-4-7-8-13(9-12(14)10-13)11(5-2)6-3;1-2/h5-6,12,14H,2,4,7-10H2,1,3H3;1-2H2/b11-6+;. The summed E-state index contributed by atoms with van der Waals surface area (Å²) in [6.07, 6.45) is 9.56. The molecule has 1 nitrogen and oxygen atoms in total. The molecule has 92 valence electrons. The van der Waals surface area contributed by atoms with Crippen molar-refractivity contribution >= 4 is 0 Å². The quantitative estimate of drug-likeness (QED) is 0.544. The molecule has 1 fully saturated rings. The Hall–Kier alpha value is -0.820. The van der Waals surface area contributed by atoms with Crippen LogP contribution in [0, 0.1) is 5.41 Å². The second kappa shape index (κ2) is 7.45. The molecule has 0 aromatic rings. The maximum absolute atomic E-state index is 9.46. The molecule has 0 aromatic carbocycles. The van der Waals surface area contributed by atoms with Crippen molar-refractivity contribution in [1.82, 2.24) is 0 Å². The van der Waals surface area contributed by atoms with Gasteiger partial charge < -0.3 is 5.11 Å². The molecule has 0 amide bonds.